The number of diazo groups is 1. The lowest BCUT2D eigenvalue weighted by atomic mass is 11.4. The van der Waals surface area contributed by atoms with Crippen LogP contribution in [0, 0.1) is 10.8 Å². The zero-order chi connectivity index (χ0) is 3.41. The van der Waals surface area contributed by atoms with Crippen molar-refractivity contribution in [2.24, 2.45) is 0 Å². The van der Waals surface area contributed by atoms with Crippen LogP contribution in [0.15, 0.2) is 0 Å². The molecule has 0 fully saturated rings. The molecule has 0 unspecified atom stereocenters. The Kier molecular flexibility index (Phi) is 1.61. The van der Waals surface area contributed by atoms with Crippen LogP contribution in [0.3, 0.4) is 0 Å². The minimum Gasteiger partial charge on any atom is -0.0880 e. The molecule has 0 atom stereocenters. The first-order chi connectivity index (χ1) is 1.91. The van der Waals surface area contributed by atoms with Crippen molar-refractivity contribution in [3.63, 3.8) is 0 Å². The second-order valence-electron chi connectivity index (χ2n) is 0.245. The van der Waals surface area contributed by atoms with Gasteiger partial charge in [0.25, 0.3) is 0 Å². The lowest BCUT2D eigenvalue weighted by Gasteiger charge is -1.15. The van der Waals surface area contributed by atoms with Gasteiger partial charge in [-0.15, -0.1) is 0 Å². The quantitative estimate of drug-likeness (QED) is 0.244. The van der Waals surface area contributed by atoms with E-state index in [2.05, 4.69) is 4.98 Å². The molecule has 0 aromatic rings. The number of rotatable bonds is 0. The van der Waals surface area contributed by atoms with Crippen LogP contribution in [0.25, 0.3) is 4.98 Å². The van der Waals surface area contributed by atoms with Crippen molar-refractivity contribution in [3.8, 4) is 0 Å². The molecule has 3 heteroatoms. The fraction of sp³-hybridized carbons (Fsp3) is 0. The van der Waals surface area contributed by atoms with Gasteiger partial charge in [-0.2, -0.15) is 0 Å². The molecule has 0 heterocycles. The van der Waals surface area contributed by atoms with Gasteiger partial charge in [0.15, 0.2) is 0 Å². The highest BCUT2D eigenvalue weighted by atomic mass is 14.8. The molecule has 0 aromatic heterocycles. The molecular formula is CH2N3+. The summed E-state index contributed by atoms with van der Waals surface area (Å²) in [7, 11) is 0. The van der Waals surface area contributed by atoms with E-state index in [4.69, 9.17) is 10.8 Å². The van der Waals surface area contributed by atoms with E-state index in [1.807, 2.05) is 0 Å². The number of nitrogens with one attached hydrogen (secondary N) is 1. The van der Waals surface area contributed by atoms with E-state index in [1.165, 1.54) is 0 Å². The molecule has 0 saturated carbocycles. The molecule has 0 bridgehead atoms. The maximum absolute atomic E-state index is 7.26. The zero-order valence-corrected chi connectivity index (χ0v) is 1.97. The van der Waals surface area contributed by atoms with Gasteiger partial charge in [-0.1, -0.05) is 5.41 Å². The minimum absolute atomic E-state index is 0.556. The normalized spacial score (nSPS) is 3.75. The summed E-state index contributed by atoms with van der Waals surface area (Å²) in [5, 5.41) is 13.2. The molecule has 0 aromatic carbocycles. The van der Waals surface area contributed by atoms with E-state index in [0.29, 0.717) is 6.34 Å². The molecule has 0 radical (unpaired) electrons. The standard InChI is InChI=1S/CH2N3/c2-1-4-3/h1-2H/q+1. The van der Waals surface area contributed by atoms with E-state index in [1.54, 1.807) is 0 Å². The van der Waals surface area contributed by atoms with Crippen LogP contribution in [0.1, 0.15) is 0 Å². The first-order valence-electron chi connectivity index (χ1n) is 0.747. The SMILES string of the molecule is N#[N+]C=N. The predicted molar refractivity (Wildman–Crippen MR) is 13.9 cm³/mol. The van der Waals surface area contributed by atoms with Crippen LogP contribution in [-0.2, 0) is 0 Å². The minimum atomic E-state index is 0.556. The summed E-state index contributed by atoms with van der Waals surface area (Å²) in [5.41, 5.74) is 0. The van der Waals surface area contributed by atoms with Gasteiger partial charge in [0.05, 0.1) is 5.39 Å². The largest absolute Gasteiger partial charge is 0.421 e. The van der Waals surface area contributed by atoms with Gasteiger partial charge in [-0.3, -0.25) is 0 Å². The van der Waals surface area contributed by atoms with Gasteiger partial charge >= 0.3 is 6.34 Å². The summed E-state index contributed by atoms with van der Waals surface area (Å²) in [6.45, 7) is 0. The molecule has 4 heavy (non-hydrogen) atoms. The van der Waals surface area contributed by atoms with Crippen molar-refractivity contribution < 1.29 is 0 Å². The lowest BCUT2D eigenvalue weighted by Crippen LogP contribution is -1.35. The molecule has 0 amide bonds. The van der Waals surface area contributed by atoms with Crippen LogP contribution in [0.4, 0.5) is 0 Å². The maximum Gasteiger partial charge on any atom is 0.421 e. The molecule has 0 aliphatic rings. The second-order valence-corrected chi connectivity index (χ2v) is 0.245. The zero-order valence-electron chi connectivity index (χ0n) is 1.97. The Labute approximate surface area is 23.4 Å². The van der Waals surface area contributed by atoms with E-state index in [9.17, 15) is 0 Å². The molecule has 3 nitrogen and oxygen atoms in total. The summed E-state index contributed by atoms with van der Waals surface area (Å²) >= 11 is 0. The Morgan fingerprint density at radius 2 is 2.25 bits per heavy atom. The van der Waals surface area contributed by atoms with Crippen molar-refractivity contribution >= 4 is 6.34 Å². The van der Waals surface area contributed by atoms with Gasteiger partial charge in [-0.25, -0.2) is 0 Å². The van der Waals surface area contributed by atoms with E-state index in [0.717, 1.165) is 0 Å². The van der Waals surface area contributed by atoms with Crippen molar-refractivity contribution in [2.75, 3.05) is 0 Å². The number of nitrogens with zero attached hydrogens (tertiary/aromatic N) is 2. The molecule has 0 rings (SSSR count). The van der Waals surface area contributed by atoms with Gasteiger partial charge in [-0.05, 0) is 0 Å². The summed E-state index contributed by atoms with van der Waals surface area (Å²) in [6, 6.07) is 0. The predicted octanol–water partition coefficient (Wildman–Crippen LogP) is 0.447. The van der Waals surface area contributed by atoms with Gasteiger partial charge in [0, 0.05) is 4.98 Å². The van der Waals surface area contributed by atoms with Crippen molar-refractivity contribution in [1.82, 2.24) is 0 Å². The van der Waals surface area contributed by atoms with Crippen LogP contribution in [0.5, 0.6) is 0 Å². The second kappa shape index (κ2) is 2.09. The fourth-order valence-electron chi connectivity index (χ4n) is 0. The molecule has 20 valence electrons. The van der Waals surface area contributed by atoms with Crippen molar-refractivity contribution in [1.29, 1.82) is 10.8 Å². The monoisotopic (exact) mass is 56.0 g/mol. The van der Waals surface area contributed by atoms with E-state index < -0.39 is 0 Å². The van der Waals surface area contributed by atoms with Crippen LogP contribution >= 0.6 is 0 Å². The molecule has 0 aliphatic heterocycles. The summed E-state index contributed by atoms with van der Waals surface area (Å²) in [5.74, 6) is 0. The van der Waals surface area contributed by atoms with Gasteiger partial charge < -0.3 is 0 Å². The molecule has 1 N–H and O–H groups in total. The highest BCUT2D eigenvalue weighted by Crippen LogP contribution is 1.35. The van der Waals surface area contributed by atoms with E-state index in [-0.39, 0.29) is 0 Å². The van der Waals surface area contributed by atoms with E-state index >= 15 is 0 Å². The maximum atomic E-state index is 7.26. The van der Waals surface area contributed by atoms with Crippen LogP contribution in [0.2, 0.25) is 0 Å². The molecule has 0 saturated heterocycles. The molecule has 0 spiro atoms. The summed E-state index contributed by atoms with van der Waals surface area (Å²) in [6.07, 6.45) is 0.556. The average molecular weight is 56.0 g/mol. The molecule has 0 aliphatic carbocycles. The Hall–Kier alpha value is -0.910. The van der Waals surface area contributed by atoms with Gasteiger partial charge in [0.2, 0.25) is 0 Å². The first-order valence-corrected chi connectivity index (χ1v) is 0.747. The highest BCUT2D eigenvalue weighted by Gasteiger charge is 1.52. The number of hydrogen-bond acceptors (Lipinski definition) is 2. The topological polar surface area (TPSA) is 52.0 Å². The van der Waals surface area contributed by atoms with Crippen molar-refractivity contribution in [2.45, 2.75) is 0 Å². The van der Waals surface area contributed by atoms with Crippen LogP contribution < -0.4 is 0 Å². The Balaban J connectivity index is 2.92. The number of hydrogen-bond donors (Lipinski definition) is 1. The average Bonchev–Trinajstić information content (AvgIpc) is 1.37. The smallest absolute Gasteiger partial charge is 0.0880 e. The fourth-order valence-corrected chi connectivity index (χ4v) is 0. The molecular weight excluding hydrogens is 54.0 g/mol. The summed E-state index contributed by atoms with van der Waals surface area (Å²) < 4.78 is 0. The third-order valence-electron chi connectivity index (χ3n) is 0.0577. The lowest BCUT2D eigenvalue weighted by molar-refractivity contribution is 1.47. The third kappa shape index (κ3) is 1.09. The third-order valence-corrected chi connectivity index (χ3v) is 0.0577. The Morgan fingerprint density at radius 3 is 2.25 bits per heavy atom. The summed E-state index contributed by atoms with van der Waals surface area (Å²) in [4.78, 5) is 2.28. The van der Waals surface area contributed by atoms with Gasteiger partial charge in [0.1, 0.15) is 0 Å². The Morgan fingerprint density at radius 1 is 2.00 bits per heavy atom. The first kappa shape index (κ1) is 3.09. The Bertz CT molecular complexity index is 48.8. The van der Waals surface area contributed by atoms with Crippen LogP contribution in [-0.4, -0.2) is 6.34 Å². The highest BCUT2D eigenvalue weighted by molar-refractivity contribution is 5.60. The van der Waals surface area contributed by atoms with Crippen molar-refractivity contribution in [3.05, 3.63) is 4.98 Å².